The van der Waals surface area contributed by atoms with Crippen LogP contribution >= 0.6 is 11.6 Å². The summed E-state index contributed by atoms with van der Waals surface area (Å²) in [5.74, 6) is -3.66. The molecule has 0 unspecified atom stereocenters. The van der Waals surface area contributed by atoms with Crippen LogP contribution in [0.1, 0.15) is 21.5 Å². The molecule has 162 valence electrons. The van der Waals surface area contributed by atoms with E-state index < -0.39 is 30.2 Å². The average Bonchev–Trinajstić information content (AvgIpc) is 2.76. The fourth-order valence-electron chi connectivity index (χ4n) is 3.19. The number of hydrogen-bond acceptors (Lipinski definition) is 4. The SMILES string of the molecule is Cc1c(Oc2ccnc3cc(Cl)ccc23)cccc1C(=O)NCc1cc(F)nc(F)c1F. The summed E-state index contributed by atoms with van der Waals surface area (Å²) in [6.45, 7) is 1.28. The molecule has 2 heterocycles. The van der Waals surface area contributed by atoms with E-state index in [4.69, 9.17) is 16.3 Å². The van der Waals surface area contributed by atoms with Crippen molar-refractivity contribution in [2.24, 2.45) is 0 Å². The number of halogens is 4. The molecule has 1 N–H and O–H groups in total. The molecule has 0 aliphatic carbocycles. The van der Waals surface area contributed by atoms with E-state index in [1.54, 1.807) is 55.6 Å². The van der Waals surface area contributed by atoms with Crippen LogP contribution in [0.3, 0.4) is 0 Å². The first kappa shape index (κ1) is 21.6. The Kier molecular flexibility index (Phi) is 5.96. The summed E-state index contributed by atoms with van der Waals surface area (Å²) in [6, 6.07) is 12.5. The molecule has 0 fully saturated rings. The van der Waals surface area contributed by atoms with Gasteiger partial charge in [0.05, 0.1) is 5.52 Å². The monoisotopic (exact) mass is 457 g/mol. The predicted molar refractivity (Wildman–Crippen MR) is 113 cm³/mol. The standard InChI is InChI=1S/C23H15ClF3N3O2/c1-12-15(23(31)29-11-13-9-20(25)30-22(27)21(13)26)3-2-4-18(12)32-19-7-8-28-17-10-14(24)5-6-16(17)19/h2-10H,11H2,1H3,(H,29,31). The fraction of sp³-hybridized carbons (Fsp3) is 0.0870. The molecule has 0 aliphatic rings. The van der Waals surface area contributed by atoms with Crippen molar-refractivity contribution < 1.29 is 22.7 Å². The van der Waals surface area contributed by atoms with E-state index in [1.165, 1.54) is 0 Å². The number of nitrogens with one attached hydrogen (secondary N) is 1. The van der Waals surface area contributed by atoms with Crippen LogP contribution in [0.2, 0.25) is 5.02 Å². The Hall–Kier alpha value is -3.65. The number of hydrogen-bond donors (Lipinski definition) is 1. The van der Waals surface area contributed by atoms with E-state index in [2.05, 4.69) is 15.3 Å². The largest absolute Gasteiger partial charge is 0.456 e. The van der Waals surface area contributed by atoms with Gasteiger partial charge >= 0.3 is 0 Å². The lowest BCUT2D eigenvalue weighted by Gasteiger charge is -2.14. The van der Waals surface area contributed by atoms with E-state index in [0.29, 0.717) is 27.6 Å². The maximum absolute atomic E-state index is 13.8. The Bertz CT molecular complexity index is 1350. The molecule has 2 aromatic carbocycles. The van der Waals surface area contributed by atoms with E-state index in [0.717, 1.165) is 11.5 Å². The van der Waals surface area contributed by atoms with Crippen LogP contribution < -0.4 is 10.1 Å². The normalized spacial score (nSPS) is 10.9. The number of fused-ring (bicyclic) bond motifs is 1. The molecule has 0 radical (unpaired) electrons. The van der Waals surface area contributed by atoms with Crippen molar-refractivity contribution in [1.82, 2.24) is 15.3 Å². The van der Waals surface area contributed by atoms with E-state index in [1.807, 2.05) is 0 Å². The highest BCUT2D eigenvalue weighted by atomic mass is 35.5. The van der Waals surface area contributed by atoms with Crippen molar-refractivity contribution in [3.8, 4) is 11.5 Å². The minimum Gasteiger partial charge on any atom is -0.456 e. The lowest BCUT2D eigenvalue weighted by atomic mass is 10.1. The maximum atomic E-state index is 13.8. The lowest BCUT2D eigenvalue weighted by molar-refractivity contribution is 0.0949. The van der Waals surface area contributed by atoms with Crippen molar-refractivity contribution in [1.29, 1.82) is 0 Å². The van der Waals surface area contributed by atoms with Crippen LogP contribution in [0.5, 0.6) is 11.5 Å². The summed E-state index contributed by atoms with van der Waals surface area (Å²) in [5, 5.41) is 3.74. The van der Waals surface area contributed by atoms with Gasteiger partial charge in [-0.25, -0.2) is 4.39 Å². The molecular weight excluding hydrogens is 443 g/mol. The van der Waals surface area contributed by atoms with E-state index in [9.17, 15) is 18.0 Å². The van der Waals surface area contributed by atoms with Gasteiger partial charge in [-0.15, -0.1) is 0 Å². The Morgan fingerprint density at radius 2 is 1.91 bits per heavy atom. The summed E-state index contributed by atoms with van der Waals surface area (Å²) in [7, 11) is 0. The zero-order chi connectivity index (χ0) is 22.8. The second kappa shape index (κ2) is 8.84. The van der Waals surface area contributed by atoms with Crippen LogP contribution in [0, 0.1) is 24.6 Å². The Morgan fingerprint density at radius 3 is 2.72 bits per heavy atom. The van der Waals surface area contributed by atoms with Gasteiger partial charge in [-0.05, 0) is 43.3 Å². The number of nitrogens with zero attached hydrogens (tertiary/aromatic N) is 2. The fourth-order valence-corrected chi connectivity index (χ4v) is 3.35. The summed E-state index contributed by atoms with van der Waals surface area (Å²) in [6.07, 6.45) is 1.58. The van der Waals surface area contributed by atoms with Crippen LogP contribution in [0.4, 0.5) is 13.2 Å². The van der Waals surface area contributed by atoms with Gasteiger partial charge in [0.1, 0.15) is 11.5 Å². The first-order valence-electron chi connectivity index (χ1n) is 9.44. The quantitative estimate of drug-likeness (QED) is 0.389. The van der Waals surface area contributed by atoms with Crippen LogP contribution in [0.25, 0.3) is 10.9 Å². The Balaban J connectivity index is 1.57. The van der Waals surface area contributed by atoms with Gasteiger partial charge in [0.2, 0.25) is 5.95 Å². The number of carbonyl (C=O) groups is 1. The molecule has 0 atom stereocenters. The molecule has 4 rings (SSSR count). The lowest BCUT2D eigenvalue weighted by Crippen LogP contribution is -2.24. The molecule has 4 aromatic rings. The highest BCUT2D eigenvalue weighted by Crippen LogP contribution is 2.32. The van der Waals surface area contributed by atoms with Gasteiger partial charge in [0, 0.05) is 45.9 Å². The van der Waals surface area contributed by atoms with Crippen molar-refractivity contribution in [2.45, 2.75) is 13.5 Å². The minimum absolute atomic E-state index is 0.263. The molecule has 0 bridgehead atoms. The molecular formula is C23H15ClF3N3O2. The molecule has 32 heavy (non-hydrogen) atoms. The van der Waals surface area contributed by atoms with Crippen LogP contribution in [0.15, 0.2) is 54.7 Å². The minimum atomic E-state index is -1.56. The summed E-state index contributed by atoms with van der Waals surface area (Å²) >= 11 is 6.02. The number of carbonyl (C=O) groups excluding carboxylic acids is 1. The van der Waals surface area contributed by atoms with E-state index in [-0.39, 0.29) is 11.1 Å². The van der Waals surface area contributed by atoms with Crippen molar-refractivity contribution in [2.75, 3.05) is 0 Å². The predicted octanol–water partition coefficient (Wildman–Crippen LogP) is 5.73. The molecule has 1 amide bonds. The molecule has 0 aliphatic heterocycles. The van der Waals surface area contributed by atoms with E-state index >= 15 is 0 Å². The zero-order valence-electron chi connectivity index (χ0n) is 16.6. The highest BCUT2D eigenvalue weighted by Gasteiger charge is 2.17. The second-order valence-corrected chi connectivity index (χ2v) is 7.33. The van der Waals surface area contributed by atoms with Crippen molar-refractivity contribution in [3.63, 3.8) is 0 Å². The first-order valence-corrected chi connectivity index (χ1v) is 9.81. The Labute approximate surface area is 185 Å². The number of amides is 1. The van der Waals surface area contributed by atoms with Crippen LogP contribution in [-0.4, -0.2) is 15.9 Å². The number of rotatable bonds is 5. The summed E-state index contributed by atoms with van der Waals surface area (Å²) in [4.78, 5) is 19.7. The molecule has 0 saturated heterocycles. The third-order valence-electron chi connectivity index (χ3n) is 4.81. The van der Waals surface area contributed by atoms with Crippen molar-refractivity contribution >= 4 is 28.4 Å². The smallest absolute Gasteiger partial charge is 0.251 e. The molecule has 9 heteroatoms. The second-order valence-electron chi connectivity index (χ2n) is 6.89. The van der Waals surface area contributed by atoms with Gasteiger partial charge in [-0.2, -0.15) is 13.8 Å². The van der Waals surface area contributed by atoms with Gasteiger partial charge in [-0.3, -0.25) is 9.78 Å². The van der Waals surface area contributed by atoms with Gasteiger partial charge < -0.3 is 10.1 Å². The molecule has 2 aromatic heterocycles. The number of ether oxygens (including phenoxy) is 1. The van der Waals surface area contributed by atoms with Crippen molar-refractivity contribution in [3.05, 3.63) is 94.2 Å². The molecule has 0 saturated carbocycles. The van der Waals surface area contributed by atoms with Gasteiger partial charge in [0.25, 0.3) is 11.9 Å². The summed E-state index contributed by atoms with van der Waals surface area (Å²) < 4.78 is 46.4. The number of benzene rings is 2. The maximum Gasteiger partial charge on any atom is 0.251 e. The number of pyridine rings is 2. The topological polar surface area (TPSA) is 64.1 Å². The summed E-state index contributed by atoms with van der Waals surface area (Å²) in [5.41, 5.74) is 1.09. The third kappa shape index (κ3) is 4.36. The van der Waals surface area contributed by atoms with Gasteiger partial charge in [0.15, 0.2) is 5.82 Å². The first-order chi connectivity index (χ1) is 15.3. The molecule has 0 spiro atoms. The Morgan fingerprint density at radius 1 is 1.09 bits per heavy atom. The highest BCUT2D eigenvalue weighted by molar-refractivity contribution is 6.31. The zero-order valence-corrected chi connectivity index (χ0v) is 17.4. The number of aromatic nitrogens is 2. The molecule has 5 nitrogen and oxygen atoms in total. The van der Waals surface area contributed by atoms with Gasteiger partial charge in [-0.1, -0.05) is 17.7 Å². The third-order valence-corrected chi connectivity index (χ3v) is 5.05. The average molecular weight is 458 g/mol. The van der Waals surface area contributed by atoms with Crippen LogP contribution in [-0.2, 0) is 6.54 Å².